The highest BCUT2D eigenvalue weighted by molar-refractivity contribution is 5.30. The molecule has 0 fully saturated rings. The molecule has 0 radical (unpaired) electrons. The van der Waals surface area contributed by atoms with E-state index in [0.29, 0.717) is 12.8 Å². The van der Waals surface area contributed by atoms with Crippen LogP contribution in [0.2, 0.25) is 0 Å². The smallest absolute Gasteiger partial charge is 0.105 e. The third kappa shape index (κ3) is 3.97. The number of aliphatic hydroxyl groups is 2. The van der Waals surface area contributed by atoms with E-state index in [1.54, 1.807) is 0 Å². The molecule has 0 aromatic heterocycles. The predicted octanol–water partition coefficient (Wildman–Crippen LogP) is 5.17. The molecule has 2 N–H and O–H groups in total. The van der Waals surface area contributed by atoms with Gasteiger partial charge in [0.25, 0.3) is 0 Å². The van der Waals surface area contributed by atoms with Crippen LogP contribution in [-0.4, -0.2) is 21.9 Å². The Morgan fingerprint density at radius 1 is 1.39 bits per heavy atom. The second-order valence-electron chi connectivity index (χ2n) is 7.98. The van der Waals surface area contributed by atoms with Crippen molar-refractivity contribution in [3.63, 3.8) is 0 Å². The molecule has 1 aliphatic carbocycles. The average molecular weight is 321 g/mol. The maximum Gasteiger partial charge on any atom is 0.105 e. The summed E-state index contributed by atoms with van der Waals surface area (Å²) in [6.07, 6.45) is 11.2. The molecule has 0 bridgehead atoms. The molecule has 3 atom stereocenters. The van der Waals surface area contributed by atoms with Gasteiger partial charge in [0.1, 0.15) is 6.10 Å². The molecular weight excluding hydrogens is 284 g/mol. The molecule has 0 aliphatic heterocycles. The normalized spacial score (nSPS) is 26.1. The van der Waals surface area contributed by atoms with Crippen LogP contribution in [-0.2, 0) is 0 Å². The van der Waals surface area contributed by atoms with Crippen LogP contribution in [0.25, 0.3) is 0 Å². The number of hydrogen-bond acceptors (Lipinski definition) is 2. The SMILES string of the molecule is C=CCC(C)(C)[C@@](O)(CCCC)[C@@H](O)C1=CCCCC1(C)C=C. The number of unbranched alkanes of at least 4 members (excludes halogenated alkanes) is 1. The van der Waals surface area contributed by atoms with Crippen LogP contribution in [0, 0.1) is 10.8 Å². The summed E-state index contributed by atoms with van der Waals surface area (Å²) >= 11 is 0. The second-order valence-corrected chi connectivity index (χ2v) is 7.98. The van der Waals surface area contributed by atoms with Crippen molar-refractivity contribution < 1.29 is 10.2 Å². The van der Waals surface area contributed by atoms with E-state index >= 15 is 0 Å². The molecule has 0 heterocycles. The third-order valence-electron chi connectivity index (χ3n) is 5.86. The van der Waals surface area contributed by atoms with Crippen molar-refractivity contribution in [2.75, 3.05) is 0 Å². The van der Waals surface area contributed by atoms with Crippen molar-refractivity contribution in [2.24, 2.45) is 10.8 Å². The Morgan fingerprint density at radius 2 is 2.04 bits per heavy atom. The molecule has 2 heteroatoms. The van der Waals surface area contributed by atoms with E-state index in [2.05, 4.69) is 33.1 Å². The molecule has 1 rings (SSSR count). The van der Waals surface area contributed by atoms with Gasteiger partial charge in [-0.3, -0.25) is 0 Å². The fourth-order valence-electron chi connectivity index (χ4n) is 3.83. The first-order chi connectivity index (χ1) is 10.7. The summed E-state index contributed by atoms with van der Waals surface area (Å²) < 4.78 is 0. The molecule has 0 spiro atoms. The fraction of sp³-hybridized carbons (Fsp3) is 0.714. The summed E-state index contributed by atoms with van der Waals surface area (Å²) in [6, 6.07) is 0. The van der Waals surface area contributed by atoms with E-state index in [0.717, 1.165) is 37.7 Å². The molecular formula is C21H36O2. The number of allylic oxidation sites excluding steroid dienone is 3. The molecule has 1 unspecified atom stereocenters. The Kier molecular flexibility index (Phi) is 6.85. The highest BCUT2D eigenvalue weighted by Gasteiger charge is 2.51. The quantitative estimate of drug-likeness (QED) is 0.575. The highest BCUT2D eigenvalue weighted by atomic mass is 16.3. The monoisotopic (exact) mass is 320 g/mol. The van der Waals surface area contributed by atoms with Crippen LogP contribution in [0.1, 0.15) is 72.6 Å². The van der Waals surface area contributed by atoms with Gasteiger partial charge in [0.15, 0.2) is 0 Å². The van der Waals surface area contributed by atoms with Crippen LogP contribution in [0.3, 0.4) is 0 Å². The third-order valence-corrected chi connectivity index (χ3v) is 5.86. The number of hydrogen-bond donors (Lipinski definition) is 2. The maximum atomic E-state index is 11.6. The van der Waals surface area contributed by atoms with Gasteiger partial charge >= 0.3 is 0 Å². The molecule has 0 aromatic carbocycles. The molecule has 0 saturated heterocycles. The van der Waals surface area contributed by atoms with Crippen molar-refractivity contribution in [1.29, 1.82) is 0 Å². The molecule has 0 aromatic rings. The van der Waals surface area contributed by atoms with Gasteiger partial charge in [-0.1, -0.05) is 58.8 Å². The van der Waals surface area contributed by atoms with E-state index in [1.165, 1.54) is 0 Å². The number of rotatable bonds is 9. The van der Waals surface area contributed by atoms with Crippen molar-refractivity contribution in [1.82, 2.24) is 0 Å². The van der Waals surface area contributed by atoms with Gasteiger partial charge in [0.2, 0.25) is 0 Å². The van der Waals surface area contributed by atoms with E-state index in [1.807, 2.05) is 26.0 Å². The van der Waals surface area contributed by atoms with E-state index in [4.69, 9.17) is 0 Å². The maximum absolute atomic E-state index is 11.6. The van der Waals surface area contributed by atoms with Crippen molar-refractivity contribution >= 4 is 0 Å². The topological polar surface area (TPSA) is 40.5 Å². The van der Waals surface area contributed by atoms with Gasteiger partial charge in [0.05, 0.1) is 5.60 Å². The molecule has 1 aliphatic rings. The second kappa shape index (κ2) is 7.81. The van der Waals surface area contributed by atoms with Gasteiger partial charge in [0, 0.05) is 5.41 Å². The summed E-state index contributed by atoms with van der Waals surface area (Å²) in [5, 5.41) is 22.8. The lowest BCUT2D eigenvalue weighted by atomic mass is 9.61. The van der Waals surface area contributed by atoms with Crippen LogP contribution >= 0.6 is 0 Å². The molecule has 132 valence electrons. The fourth-order valence-corrected chi connectivity index (χ4v) is 3.83. The Hall–Kier alpha value is -0.860. The summed E-state index contributed by atoms with van der Waals surface area (Å²) in [4.78, 5) is 0. The molecule has 23 heavy (non-hydrogen) atoms. The Labute approximate surface area is 143 Å². The lowest BCUT2D eigenvalue weighted by molar-refractivity contribution is -0.144. The number of aliphatic hydroxyl groups excluding tert-OH is 1. The first kappa shape index (κ1) is 20.2. The lowest BCUT2D eigenvalue weighted by Crippen LogP contribution is -2.56. The molecule has 0 saturated carbocycles. The lowest BCUT2D eigenvalue weighted by Gasteiger charge is -2.49. The van der Waals surface area contributed by atoms with Gasteiger partial charge in [-0.15, -0.1) is 13.2 Å². The minimum absolute atomic E-state index is 0.234. The van der Waals surface area contributed by atoms with Gasteiger partial charge in [-0.2, -0.15) is 0 Å². The standard InChI is InChI=1S/C21H36O2/c1-7-10-16-21(23,19(4,5)14-8-2)18(22)17-13-11-12-15-20(17,6)9-3/h8-9,13,18,22-23H,2-3,7,10-12,14-16H2,1,4-6H3/t18-,20?,21+/m0/s1. The van der Waals surface area contributed by atoms with E-state index < -0.39 is 17.1 Å². The van der Waals surface area contributed by atoms with Gasteiger partial charge in [-0.25, -0.2) is 0 Å². The molecule has 0 amide bonds. The van der Waals surface area contributed by atoms with Crippen LogP contribution in [0.15, 0.2) is 37.0 Å². The Bertz CT molecular complexity index is 449. The summed E-state index contributed by atoms with van der Waals surface area (Å²) in [7, 11) is 0. The van der Waals surface area contributed by atoms with Crippen LogP contribution in [0.5, 0.6) is 0 Å². The highest BCUT2D eigenvalue weighted by Crippen LogP contribution is 2.48. The summed E-state index contributed by atoms with van der Waals surface area (Å²) in [5.74, 6) is 0. The first-order valence-corrected chi connectivity index (χ1v) is 9.04. The Morgan fingerprint density at radius 3 is 2.57 bits per heavy atom. The van der Waals surface area contributed by atoms with Crippen molar-refractivity contribution in [2.45, 2.75) is 84.3 Å². The van der Waals surface area contributed by atoms with Gasteiger partial charge in [-0.05, 0) is 43.1 Å². The first-order valence-electron chi connectivity index (χ1n) is 9.04. The van der Waals surface area contributed by atoms with Crippen molar-refractivity contribution in [3.05, 3.63) is 37.0 Å². The van der Waals surface area contributed by atoms with Crippen LogP contribution < -0.4 is 0 Å². The van der Waals surface area contributed by atoms with Gasteiger partial charge < -0.3 is 10.2 Å². The largest absolute Gasteiger partial charge is 0.386 e. The predicted molar refractivity (Wildman–Crippen MR) is 99.3 cm³/mol. The average Bonchev–Trinajstić information content (AvgIpc) is 2.52. The van der Waals surface area contributed by atoms with E-state index in [9.17, 15) is 10.2 Å². The summed E-state index contributed by atoms with van der Waals surface area (Å²) in [6.45, 7) is 16.1. The molecule has 2 nitrogen and oxygen atoms in total. The zero-order valence-electron chi connectivity index (χ0n) is 15.6. The zero-order chi connectivity index (χ0) is 17.7. The minimum Gasteiger partial charge on any atom is -0.386 e. The summed E-state index contributed by atoms with van der Waals surface area (Å²) in [5.41, 5.74) is -0.897. The Balaban J connectivity index is 3.27. The van der Waals surface area contributed by atoms with Crippen LogP contribution in [0.4, 0.5) is 0 Å². The van der Waals surface area contributed by atoms with E-state index in [-0.39, 0.29) is 5.41 Å². The van der Waals surface area contributed by atoms with Crippen molar-refractivity contribution in [3.8, 4) is 0 Å². The zero-order valence-corrected chi connectivity index (χ0v) is 15.6. The minimum atomic E-state index is -1.16.